The van der Waals surface area contributed by atoms with Gasteiger partial charge in [-0.05, 0) is 61.8 Å². The molecule has 2 aromatic rings. The number of nitrogens with zero attached hydrogens (tertiary/aromatic N) is 1. The van der Waals surface area contributed by atoms with Crippen LogP contribution in [0.1, 0.15) is 44.1 Å². The minimum absolute atomic E-state index is 0.133. The van der Waals surface area contributed by atoms with Gasteiger partial charge in [-0.2, -0.15) is 11.8 Å². The van der Waals surface area contributed by atoms with Crippen LogP contribution in [0.2, 0.25) is 5.02 Å². The van der Waals surface area contributed by atoms with E-state index in [0.717, 1.165) is 27.3 Å². The lowest BCUT2D eigenvalue weighted by molar-refractivity contribution is -0.119. The lowest BCUT2D eigenvalue weighted by atomic mass is 10.0. The highest BCUT2D eigenvalue weighted by atomic mass is 35.5. The van der Waals surface area contributed by atoms with Crippen LogP contribution in [0.15, 0.2) is 53.4 Å². The van der Waals surface area contributed by atoms with Crippen LogP contribution >= 0.6 is 23.4 Å². The van der Waals surface area contributed by atoms with Gasteiger partial charge in [0.05, 0.1) is 10.6 Å². The molecule has 0 saturated heterocycles. The molecule has 1 saturated carbocycles. The predicted molar refractivity (Wildman–Crippen MR) is 134 cm³/mol. The molecule has 0 spiro atoms. The first-order valence-electron chi connectivity index (χ1n) is 11.1. The van der Waals surface area contributed by atoms with E-state index in [4.69, 9.17) is 11.6 Å². The van der Waals surface area contributed by atoms with Crippen molar-refractivity contribution in [2.75, 3.05) is 23.1 Å². The molecule has 8 heteroatoms. The van der Waals surface area contributed by atoms with Gasteiger partial charge in [0.25, 0.3) is 10.0 Å². The van der Waals surface area contributed by atoms with Crippen LogP contribution in [0.25, 0.3) is 0 Å². The molecule has 174 valence electrons. The van der Waals surface area contributed by atoms with Gasteiger partial charge >= 0.3 is 0 Å². The first-order valence-corrected chi connectivity index (χ1v) is 14.0. The highest BCUT2D eigenvalue weighted by Gasteiger charge is 2.27. The van der Waals surface area contributed by atoms with Crippen molar-refractivity contribution in [3.05, 3.63) is 59.1 Å². The molecule has 1 aliphatic carbocycles. The summed E-state index contributed by atoms with van der Waals surface area (Å²) in [5.74, 6) is 0.675. The summed E-state index contributed by atoms with van der Waals surface area (Å²) < 4.78 is 27.8. The van der Waals surface area contributed by atoms with Crippen LogP contribution in [0, 0.1) is 6.92 Å². The zero-order valence-electron chi connectivity index (χ0n) is 18.4. The number of anilines is 1. The van der Waals surface area contributed by atoms with Gasteiger partial charge < -0.3 is 5.32 Å². The zero-order valence-corrected chi connectivity index (χ0v) is 20.8. The van der Waals surface area contributed by atoms with Gasteiger partial charge in [-0.25, -0.2) is 8.42 Å². The second-order valence-electron chi connectivity index (χ2n) is 8.09. The van der Waals surface area contributed by atoms with E-state index in [2.05, 4.69) is 5.32 Å². The molecule has 1 aliphatic rings. The quantitative estimate of drug-likeness (QED) is 0.448. The van der Waals surface area contributed by atoms with Gasteiger partial charge in [0.1, 0.15) is 6.54 Å². The minimum atomic E-state index is -3.92. The number of carbonyl (C=O) groups is 1. The number of amides is 1. The van der Waals surface area contributed by atoms with Crippen LogP contribution in [0.5, 0.6) is 0 Å². The van der Waals surface area contributed by atoms with Crippen molar-refractivity contribution in [2.24, 2.45) is 0 Å². The fourth-order valence-electron chi connectivity index (χ4n) is 3.74. The molecule has 2 aromatic carbocycles. The van der Waals surface area contributed by atoms with E-state index in [1.165, 1.54) is 44.2 Å². The molecule has 3 rings (SSSR count). The maximum atomic E-state index is 13.3. The fourth-order valence-corrected chi connectivity index (χ4v) is 6.66. The van der Waals surface area contributed by atoms with Gasteiger partial charge in [-0.1, -0.05) is 55.1 Å². The lowest BCUT2D eigenvalue weighted by Crippen LogP contribution is -2.41. The molecule has 0 aromatic heterocycles. The summed E-state index contributed by atoms with van der Waals surface area (Å²) in [6.45, 7) is 2.08. The van der Waals surface area contributed by atoms with E-state index in [0.29, 0.717) is 17.3 Å². The van der Waals surface area contributed by atoms with Crippen LogP contribution in [0.3, 0.4) is 0 Å². The summed E-state index contributed by atoms with van der Waals surface area (Å²) in [6, 6.07) is 13.2. The summed E-state index contributed by atoms with van der Waals surface area (Å²) in [4.78, 5) is 12.8. The summed E-state index contributed by atoms with van der Waals surface area (Å²) in [5.41, 5.74) is 1.21. The third kappa shape index (κ3) is 6.90. The number of carbonyl (C=O) groups excluding carboxylic acids is 1. The average Bonchev–Trinajstić information content (AvgIpc) is 2.80. The van der Waals surface area contributed by atoms with Crippen LogP contribution in [-0.2, 0) is 14.8 Å². The second kappa shape index (κ2) is 12.0. The Kier molecular flexibility index (Phi) is 9.32. The fraction of sp³-hybridized carbons (Fsp3) is 0.458. The monoisotopic (exact) mass is 494 g/mol. The van der Waals surface area contributed by atoms with Gasteiger partial charge in [0.2, 0.25) is 5.91 Å². The largest absolute Gasteiger partial charge is 0.354 e. The van der Waals surface area contributed by atoms with Gasteiger partial charge in [-0.15, -0.1) is 0 Å². The first kappa shape index (κ1) is 24.9. The van der Waals surface area contributed by atoms with Gasteiger partial charge in [0.15, 0.2) is 0 Å². The Bertz CT molecular complexity index is 994. The SMILES string of the molecule is Cc1ccc(N(CC(=O)NCCCSC2CCCCC2)S(=O)(=O)c2ccccc2)cc1Cl. The second-order valence-corrected chi connectivity index (χ2v) is 11.8. The average molecular weight is 495 g/mol. The van der Waals surface area contributed by atoms with Crippen molar-refractivity contribution in [2.45, 2.75) is 55.6 Å². The third-order valence-electron chi connectivity index (χ3n) is 5.61. The van der Waals surface area contributed by atoms with Crippen molar-refractivity contribution in [1.82, 2.24) is 5.32 Å². The molecule has 0 aliphatic heterocycles. The Morgan fingerprint density at radius 2 is 1.84 bits per heavy atom. The number of halogens is 1. The summed E-state index contributed by atoms with van der Waals surface area (Å²) in [6.07, 6.45) is 7.45. The maximum Gasteiger partial charge on any atom is 0.264 e. The predicted octanol–water partition coefficient (Wildman–Crippen LogP) is 5.42. The number of thioether (sulfide) groups is 1. The van der Waals surface area contributed by atoms with Crippen LogP contribution in [0.4, 0.5) is 5.69 Å². The van der Waals surface area contributed by atoms with E-state index in [1.54, 1.807) is 36.4 Å². The van der Waals surface area contributed by atoms with E-state index < -0.39 is 10.0 Å². The summed E-state index contributed by atoms with van der Waals surface area (Å²) in [7, 11) is -3.92. The number of hydrogen-bond donors (Lipinski definition) is 1. The molecule has 0 radical (unpaired) electrons. The Labute approximate surface area is 201 Å². The Balaban J connectivity index is 1.63. The van der Waals surface area contributed by atoms with Crippen molar-refractivity contribution < 1.29 is 13.2 Å². The summed E-state index contributed by atoms with van der Waals surface area (Å²) >= 11 is 8.24. The van der Waals surface area contributed by atoms with Crippen molar-refractivity contribution in [3.8, 4) is 0 Å². The molecular formula is C24H31ClN2O3S2. The number of sulfonamides is 1. The van der Waals surface area contributed by atoms with E-state index >= 15 is 0 Å². The normalized spacial score (nSPS) is 14.8. The molecular weight excluding hydrogens is 464 g/mol. The highest BCUT2D eigenvalue weighted by molar-refractivity contribution is 7.99. The van der Waals surface area contributed by atoms with E-state index in [-0.39, 0.29) is 17.3 Å². The van der Waals surface area contributed by atoms with Gasteiger partial charge in [0, 0.05) is 16.8 Å². The molecule has 5 nitrogen and oxygen atoms in total. The molecule has 0 unspecified atom stereocenters. The summed E-state index contributed by atoms with van der Waals surface area (Å²) in [5, 5.41) is 4.08. The third-order valence-corrected chi connectivity index (χ3v) is 9.27. The molecule has 0 bridgehead atoms. The maximum absolute atomic E-state index is 13.3. The Morgan fingerprint density at radius 1 is 1.12 bits per heavy atom. The van der Waals surface area contributed by atoms with Crippen LogP contribution in [-0.4, -0.2) is 38.4 Å². The number of aryl methyl sites for hydroxylation is 1. The number of hydrogen-bond acceptors (Lipinski definition) is 4. The highest BCUT2D eigenvalue weighted by Crippen LogP contribution is 2.29. The standard InChI is InChI=1S/C24H31ClN2O3S2/c1-19-13-14-20(17-23(19)25)27(32(29,30)22-11-6-3-7-12-22)18-24(28)26-15-8-16-31-21-9-4-2-5-10-21/h3,6-7,11-14,17,21H,2,4-5,8-10,15-16,18H2,1H3,(H,26,28). The molecule has 1 fully saturated rings. The smallest absolute Gasteiger partial charge is 0.264 e. The van der Waals surface area contributed by atoms with Crippen molar-refractivity contribution in [1.29, 1.82) is 0 Å². The topological polar surface area (TPSA) is 66.5 Å². The molecule has 0 heterocycles. The van der Waals surface area contributed by atoms with Gasteiger partial charge in [-0.3, -0.25) is 9.10 Å². The van der Waals surface area contributed by atoms with Crippen molar-refractivity contribution in [3.63, 3.8) is 0 Å². The lowest BCUT2D eigenvalue weighted by Gasteiger charge is -2.24. The minimum Gasteiger partial charge on any atom is -0.354 e. The number of nitrogens with one attached hydrogen (secondary N) is 1. The zero-order chi connectivity index (χ0) is 23.0. The number of rotatable bonds is 10. The van der Waals surface area contributed by atoms with E-state index in [1.807, 2.05) is 18.7 Å². The Morgan fingerprint density at radius 3 is 2.53 bits per heavy atom. The Hall–Kier alpha value is -1.70. The van der Waals surface area contributed by atoms with E-state index in [9.17, 15) is 13.2 Å². The molecule has 1 N–H and O–H groups in total. The molecule has 32 heavy (non-hydrogen) atoms. The first-order chi connectivity index (χ1) is 15.4. The van der Waals surface area contributed by atoms with Crippen molar-refractivity contribution >= 4 is 45.0 Å². The number of benzene rings is 2. The molecule has 1 amide bonds. The van der Waals surface area contributed by atoms with Crippen LogP contribution < -0.4 is 9.62 Å². The molecule has 0 atom stereocenters.